The number of hydrogen-bond acceptors (Lipinski definition) is 4. The van der Waals surface area contributed by atoms with E-state index in [0.29, 0.717) is 22.6 Å². The number of rotatable bonds is 3. The first-order valence-corrected chi connectivity index (χ1v) is 7.45. The molecule has 3 aromatic rings. The Morgan fingerprint density at radius 2 is 1.67 bits per heavy atom. The highest BCUT2D eigenvalue weighted by Crippen LogP contribution is 2.22. The van der Waals surface area contributed by atoms with E-state index < -0.39 is 5.97 Å². The zero-order valence-electron chi connectivity index (χ0n) is 13.4. The normalized spacial score (nSPS) is 10.4. The lowest BCUT2D eigenvalue weighted by molar-refractivity contribution is 0.0601. The van der Waals surface area contributed by atoms with Crippen LogP contribution in [-0.4, -0.2) is 23.0 Å². The Balaban J connectivity index is 2.09. The molecule has 2 aromatic carbocycles. The predicted octanol–water partition coefficient (Wildman–Crippen LogP) is 3.20. The van der Waals surface area contributed by atoms with E-state index in [1.165, 1.54) is 7.11 Å². The van der Waals surface area contributed by atoms with Crippen molar-refractivity contribution in [3.8, 4) is 22.6 Å². The van der Waals surface area contributed by atoms with Gasteiger partial charge in [0.25, 0.3) is 5.56 Å². The maximum atomic E-state index is 12.3. The second-order valence-corrected chi connectivity index (χ2v) is 5.32. The van der Waals surface area contributed by atoms with Crippen molar-refractivity contribution in [1.29, 1.82) is 0 Å². The van der Waals surface area contributed by atoms with Gasteiger partial charge in [0.1, 0.15) is 5.82 Å². The number of nitrogens with one attached hydrogen (secondary N) is 1. The van der Waals surface area contributed by atoms with E-state index >= 15 is 0 Å². The van der Waals surface area contributed by atoms with E-state index in [0.717, 1.165) is 11.1 Å². The van der Waals surface area contributed by atoms with Gasteiger partial charge in [-0.05, 0) is 19.1 Å². The maximum Gasteiger partial charge on any atom is 0.337 e. The Kier molecular flexibility index (Phi) is 4.24. The number of benzene rings is 2. The molecular weight excluding hydrogens is 304 g/mol. The molecule has 0 radical (unpaired) electrons. The summed E-state index contributed by atoms with van der Waals surface area (Å²) in [4.78, 5) is 31.2. The van der Waals surface area contributed by atoms with Gasteiger partial charge in [-0.1, -0.05) is 42.5 Å². The largest absolute Gasteiger partial charge is 0.465 e. The minimum absolute atomic E-state index is 0.184. The van der Waals surface area contributed by atoms with Gasteiger partial charge >= 0.3 is 5.97 Å². The zero-order valence-corrected chi connectivity index (χ0v) is 13.4. The van der Waals surface area contributed by atoms with Gasteiger partial charge in [0.2, 0.25) is 0 Å². The highest BCUT2D eigenvalue weighted by molar-refractivity contribution is 5.89. The lowest BCUT2D eigenvalue weighted by atomic mass is 10.1. The van der Waals surface area contributed by atoms with Gasteiger partial charge < -0.3 is 9.72 Å². The molecule has 5 heteroatoms. The SMILES string of the molecule is COC(=O)c1ccc(-c2nc(-c3ccccc3)[nH]c(=O)c2C)cc1. The number of carbonyl (C=O) groups is 1. The smallest absolute Gasteiger partial charge is 0.337 e. The van der Waals surface area contributed by atoms with Crippen LogP contribution in [0.15, 0.2) is 59.4 Å². The third-order valence-corrected chi connectivity index (χ3v) is 3.78. The Bertz CT molecular complexity index is 929. The lowest BCUT2D eigenvalue weighted by Gasteiger charge is -2.08. The van der Waals surface area contributed by atoms with Crippen molar-refractivity contribution in [3.05, 3.63) is 76.1 Å². The Hall–Kier alpha value is -3.21. The topological polar surface area (TPSA) is 72.0 Å². The predicted molar refractivity (Wildman–Crippen MR) is 91.8 cm³/mol. The van der Waals surface area contributed by atoms with Crippen molar-refractivity contribution in [2.45, 2.75) is 6.92 Å². The van der Waals surface area contributed by atoms with E-state index in [2.05, 4.69) is 9.97 Å². The molecule has 1 aromatic heterocycles. The number of hydrogen-bond donors (Lipinski definition) is 1. The van der Waals surface area contributed by atoms with Crippen LogP contribution < -0.4 is 5.56 Å². The number of H-pyrrole nitrogens is 1. The molecule has 3 rings (SSSR count). The van der Waals surface area contributed by atoms with Crippen molar-refractivity contribution >= 4 is 5.97 Å². The molecule has 1 heterocycles. The van der Waals surface area contributed by atoms with Crippen molar-refractivity contribution in [2.75, 3.05) is 7.11 Å². The minimum atomic E-state index is -0.401. The van der Waals surface area contributed by atoms with Gasteiger partial charge in [-0.2, -0.15) is 0 Å². The first kappa shape index (κ1) is 15.7. The van der Waals surface area contributed by atoms with E-state index in [4.69, 9.17) is 4.74 Å². The fraction of sp³-hybridized carbons (Fsp3) is 0.105. The molecule has 0 amide bonds. The summed E-state index contributed by atoms with van der Waals surface area (Å²) in [6, 6.07) is 16.3. The van der Waals surface area contributed by atoms with E-state index in [1.54, 1.807) is 31.2 Å². The molecule has 0 bridgehead atoms. The van der Waals surface area contributed by atoms with Crippen LogP contribution in [-0.2, 0) is 4.74 Å². The number of aromatic nitrogens is 2. The summed E-state index contributed by atoms with van der Waals surface area (Å²) in [7, 11) is 1.34. The summed E-state index contributed by atoms with van der Waals surface area (Å²) in [6.45, 7) is 1.73. The molecule has 5 nitrogen and oxygen atoms in total. The molecular formula is C19H16N2O3. The molecule has 0 spiro atoms. The van der Waals surface area contributed by atoms with Crippen LogP contribution in [0.1, 0.15) is 15.9 Å². The summed E-state index contributed by atoms with van der Waals surface area (Å²) in [6.07, 6.45) is 0. The lowest BCUT2D eigenvalue weighted by Crippen LogP contribution is -2.14. The van der Waals surface area contributed by atoms with Crippen molar-refractivity contribution in [3.63, 3.8) is 0 Å². The Morgan fingerprint density at radius 3 is 2.29 bits per heavy atom. The molecule has 0 atom stereocenters. The summed E-state index contributed by atoms with van der Waals surface area (Å²) < 4.78 is 4.69. The molecule has 0 unspecified atom stereocenters. The van der Waals surface area contributed by atoms with Crippen LogP contribution in [0, 0.1) is 6.92 Å². The van der Waals surface area contributed by atoms with Gasteiger partial charge in [-0.25, -0.2) is 9.78 Å². The molecule has 0 fully saturated rings. The van der Waals surface area contributed by atoms with Crippen LogP contribution in [0.3, 0.4) is 0 Å². The van der Waals surface area contributed by atoms with Gasteiger partial charge in [0.15, 0.2) is 0 Å². The summed E-state index contributed by atoms with van der Waals surface area (Å²) in [5, 5.41) is 0. The van der Waals surface area contributed by atoms with Crippen molar-refractivity contribution in [1.82, 2.24) is 9.97 Å². The summed E-state index contributed by atoms with van der Waals surface area (Å²) >= 11 is 0. The first-order valence-electron chi connectivity index (χ1n) is 7.45. The summed E-state index contributed by atoms with van der Waals surface area (Å²) in [5.41, 5.74) is 2.99. The fourth-order valence-electron chi connectivity index (χ4n) is 2.43. The van der Waals surface area contributed by atoms with Crippen molar-refractivity contribution in [2.24, 2.45) is 0 Å². The van der Waals surface area contributed by atoms with Crippen LogP contribution in [0.4, 0.5) is 0 Å². The maximum absolute atomic E-state index is 12.3. The molecule has 0 saturated heterocycles. The Morgan fingerprint density at radius 1 is 1.00 bits per heavy atom. The highest BCUT2D eigenvalue weighted by atomic mass is 16.5. The Labute approximate surface area is 139 Å². The number of aromatic amines is 1. The summed E-state index contributed by atoms with van der Waals surface area (Å²) in [5.74, 6) is 0.111. The van der Waals surface area contributed by atoms with Crippen LogP contribution >= 0.6 is 0 Å². The average Bonchev–Trinajstić information content (AvgIpc) is 2.64. The van der Waals surface area contributed by atoms with Gasteiger partial charge in [0, 0.05) is 16.7 Å². The molecule has 0 aliphatic heterocycles. The number of methoxy groups -OCH3 is 1. The van der Waals surface area contributed by atoms with Crippen molar-refractivity contribution < 1.29 is 9.53 Å². The average molecular weight is 320 g/mol. The van der Waals surface area contributed by atoms with Gasteiger partial charge in [0.05, 0.1) is 18.4 Å². The number of carbonyl (C=O) groups excluding carboxylic acids is 1. The molecule has 120 valence electrons. The third kappa shape index (κ3) is 2.96. The van der Waals surface area contributed by atoms with Gasteiger partial charge in [-0.3, -0.25) is 4.79 Å². The number of ether oxygens (including phenoxy) is 1. The standard InChI is InChI=1S/C19H16N2O3/c1-12-16(13-8-10-15(11-9-13)19(23)24-2)20-17(21-18(12)22)14-6-4-3-5-7-14/h3-11H,1-2H3,(H,20,21,22). The highest BCUT2D eigenvalue weighted by Gasteiger charge is 2.12. The second kappa shape index (κ2) is 6.50. The molecule has 0 saturated carbocycles. The molecule has 24 heavy (non-hydrogen) atoms. The first-order chi connectivity index (χ1) is 11.6. The van der Waals surface area contributed by atoms with E-state index in [9.17, 15) is 9.59 Å². The fourth-order valence-corrected chi connectivity index (χ4v) is 2.43. The monoisotopic (exact) mass is 320 g/mol. The second-order valence-electron chi connectivity index (χ2n) is 5.32. The molecule has 0 aliphatic carbocycles. The minimum Gasteiger partial charge on any atom is -0.465 e. The van der Waals surface area contributed by atoms with E-state index in [-0.39, 0.29) is 5.56 Å². The van der Waals surface area contributed by atoms with Crippen LogP contribution in [0.25, 0.3) is 22.6 Å². The van der Waals surface area contributed by atoms with Gasteiger partial charge in [-0.15, -0.1) is 0 Å². The van der Waals surface area contributed by atoms with Crippen LogP contribution in [0.2, 0.25) is 0 Å². The zero-order chi connectivity index (χ0) is 17.1. The van der Waals surface area contributed by atoms with Crippen LogP contribution in [0.5, 0.6) is 0 Å². The number of esters is 1. The molecule has 1 N–H and O–H groups in total. The number of nitrogens with zero attached hydrogens (tertiary/aromatic N) is 1. The quantitative estimate of drug-likeness (QED) is 0.752. The van der Waals surface area contributed by atoms with E-state index in [1.807, 2.05) is 30.3 Å². The third-order valence-electron chi connectivity index (χ3n) is 3.78. The molecule has 0 aliphatic rings.